The first kappa shape index (κ1) is 36.2. The van der Waals surface area contributed by atoms with E-state index in [9.17, 15) is 4.79 Å². The number of esters is 1. The molecule has 0 rings (SSSR count). The van der Waals surface area contributed by atoms with Crippen molar-refractivity contribution in [1.29, 1.82) is 0 Å². The number of allylic oxidation sites excluding steroid dienone is 2. The normalized spacial score (nSPS) is 11.5. The van der Waals surface area contributed by atoms with Crippen molar-refractivity contribution in [2.24, 2.45) is 0 Å². The van der Waals surface area contributed by atoms with Gasteiger partial charge in [0.05, 0.1) is 6.61 Å². The quantitative estimate of drug-likeness (QED) is 0.0516. The predicted molar refractivity (Wildman–Crippen MR) is 165 cm³/mol. The molecule has 0 N–H and O–H groups in total. The number of unbranched alkanes of at least 4 members (excludes halogenated alkanes) is 25. The number of hydrogen-bond donors (Lipinski definition) is 0. The van der Waals surface area contributed by atoms with E-state index in [1.165, 1.54) is 161 Å². The van der Waals surface area contributed by atoms with E-state index in [0.717, 1.165) is 19.3 Å². The molecule has 0 aromatic carbocycles. The molecule has 0 heterocycles. The molecular weight excluding hydrogens is 452 g/mol. The second kappa shape index (κ2) is 33.2. The average molecular weight is 521 g/mol. The van der Waals surface area contributed by atoms with Gasteiger partial charge in [0.1, 0.15) is 0 Å². The van der Waals surface area contributed by atoms with Crippen LogP contribution >= 0.6 is 0 Å². The van der Waals surface area contributed by atoms with Crippen LogP contribution in [0.25, 0.3) is 0 Å². The zero-order valence-corrected chi connectivity index (χ0v) is 25.7. The van der Waals surface area contributed by atoms with Crippen molar-refractivity contribution >= 4 is 5.97 Å². The van der Waals surface area contributed by atoms with Gasteiger partial charge < -0.3 is 4.74 Å². The number of hydrogen-bond acceptors (Lipinski definition) is 2. The van der Waals surface area contributed by atoms with Crippen molar-refractivity contribution in [1.82, 2.24) is 0 Å². The largest absolute Gasteiger partial charge is 0.466 e. The number of carbonyl (C=O) groups is 1. The molecule has 0 atom stereocenters. The van der Waals surface area contributed by atoms with Crippen LogP contribution in [0.2, 0.25) is 0 Å². The van der Waals surface area contributed by atoms with Gasteiger partial charge in [0.2, 0.25) is 0 Å². The van der Waals surface area contributed by atoms with Crippen LogP contribution in [-0.2, 0) is 9.53 Å². The van der Waals surface area contributed by atoms with Gasteiger partial charge in [0.25, 0.3) is 0 Å². The smallest absolute Gasteiger partial charge is 0.305 e. The lowest BCUT2D eigenvalue weighted by atomic mass is 10.0. The van der Waals surface area contributed by atoms with E-state index in [2.05, 4.69) is 26.0 Å². The van der Waals surface area contributed by atoms with Gasteiger partial charge in [-0.15, -0.1) is 0 Å². The van der Waals surface area contributed by atoms with Crippen LogP contribution in [0, 0.1) is 0 Å². The predicted octanol–water partition coefficient (Wildman–Crippen LogP) is 12.4. The van der Waals surface area contributed by atoms with E-state index in [4.69, 9.17) is 4.74 Å². The lowest BCUT2D eigenvalue weighted by Gasteiger charge is -2.05. The van der Waals surface area contributed by atoms with Crippen LogP contribution in [-0.4, -0.2) is 12.6 Å². The molecule has 0 aliphatic rings. The lowest BCUT2D eigenvalue weighted by molar-refractivity contribution is -0.143. The third kappa shape index (κ3) is 33.2. The molecule has 0 aliphatic heterocycles. The fourth-order valence-electron chi connectivity index (χ4n) is 5.07. The number of carbonyl (C=O) groups excluding carboxylic acids is 1. The lowest BCUT2D eigenvalue weighted by Crippen LogP contribution is -2.05. The Kier molecular flexibility index (Phi) is 32.5. The Morgan fingerprint density at radius 1 is 0.432 bits per heavy atom. The number of rotatable bonds is 31. The summed E-state index contributed by atoms with van der Waals surface area (Å²) >= 11 is 0. The standard InChI is InChI=1S/C35H68O2/c1-3-5-7-9-11-13-15-17-19-21-23-25-27-29-31-33-35(36)37-34-32-30-28-26-24-22-20-18-16-14-12-10-8-6-4-2/h17,19H,3-16,18,20-34H2,1-2H3. The van der Waals surface area contributed by atoms with Crippen LogP contribution in [0.15, 0.2) is 12.2 Å². The molecule has 0 amide bonds. The Morgan fingerprint density at radius 3 is 1.16 bits per heavy atom. The summed E-state index contributed by atoms with van der Waals surface area (Å²) in [6.45, 7) is 5.19. The zero-order valence-electron chi connectivity index (χ0n) is 25.7. The van der Waals surface area contributed by atoms with E-state index in [-0.39, 0.29) is 5.97 Å². The van der Waals surface area contributed by atoms with E-state index in [1.807, 2.05) is 0 Å². The van der Waals surface area contributed by atoms with E-state index < -0.39 is 0 Å². The third-order valence-electron chi connectivity index (χ3n) is 7.65. The van der Waals surface area contributed by atoms with Crippen LogP contribution in [0.3, 0.4) is 0 Å². The van der Waals surface area contributed by atoms with E-state index in [0.29, 0.717) is 13.0 Å². The molecule has 0 aliphatic carbocycles. The summed E-state index contributed by atoms with van der Waals surface area (Å²) in [5, 5.41) is 0. The van der Waals surface area contributed by atoms with Crippen LogP contribution in [0.1, 0.15) is 200 Å². The molecule has 2 nitrogen and oxygen atoms in total. The monoisotopic (exact) mass is 521 g/mol. The van der Waals surface area contributed by atoms with E-state index >= 15 is 0 Å². The Hall–Kier alpha value is -0.790. The molecule has 37 heavy (non-hydrogen) atoms. The minimum atomic E-state index is 0.0167. The summed E-state index contributed by atoms with van der Waals surface area (Å²) in [5.41, 5.74) is 0. The summed E-state index contributed by atoms with van der Waals surface area (Å²) < 4.78 is 5.43. The van der Waals surface area contributed by atoms with Crippen molar-refractivity contribution in [2.45, 2.75) is 200 Å². The molecule has 0 saturated heterocycles. The molecule has 0 aromatic heterocycles. The molecule has 0 bridgehead atoms. The Labute approximate surface area is 234 Å². The molecule has 2 heteroatoms. The first-order valence-electron chi connectivity index (χ1n) is 17.1. The topological polar surface area (TPSA) is 26.3 Å². The van der Waals surface area contributed by atoms with Crippen LogP contribution in [0.5, 0.6) is 0 Å². The molecule has 0 aromatic rings. The summed E-state index contributed by atoms with van der Waals surface area (Å²) in [6.07, 6.45) is 42.6. The summed E-state index contributed by atoms with van der Waals surface area (Å²) in [7, 11) is 0. The summed E-state index contributed by atoms with van der Waals surface area (Å²) in [5.74, 6) is 0.0167. The SMILES string of the molecule is CCCCCCCCC=CCCCCCCCC(=O)OCCCCCCCCCCCCCCCCC. The van der Waals surface area contributed by atoms with Crippen molar-refractivity contribution in [3.05, 3.63) is 12.2 Å². The molecule has 220 valence electrons. The van der Waals surface area contributed by atoms with Crippen LogP contribution in [0.4, 0.5) is 0 Å². The van der Waals surface area contributed by atoms with Crippen molar-refractivity contribution in [3.63, 3.8) is 0 Å². The first-order chi connectivity index (χ1) is 18.3. The maximum absolute atomic E-state index is 11.9. The van der Waals surface area contributed by atoms with Gasteiger partial charge in [-0.2, -0.15) is 0 Å². The summed E-state index contributed by atoms with van der Waals surface area (Å²) in [6, 6.07) is 0. The maximum Gasteiger partial charge on any atom is 0.305 e. The molecule has 0 unspecified atom stereocenters. The van der Waals surface area contributed by atoms with Gasteiger partial charge in [-0.25, -0.2) is 0 Å². The Bertz CT molecular complexity index is 456. The first-order valence-corrected chi connectivity index (χ1v) is 17.1. The van der Waals surface area contributed by atoms with Crippen molar-refractivity contribution in [2.75, 3.05) is 6.61 Å². The highest BCUT2D eigenvalue weighted by molar-refractivity contribution is 5.69. The molecular formula is C35H68O2. The van der Waals surface area contributed by atoms with Crippen LogP contribution < -0.4 is 0 Å². The second-order valence-corrected chi connectivity index (χ2v) is 11.5. The molecule has 0 saturated carbocycles. The Balaban J connectivity index is 3.19. The van der Waals surface area contributed by atoms with Crippen molar-refractivity contribution < 1.29 is 9.53 Å². The van der Waals surface area contributed by atoms with Gasteiger partial charge in [-0.3, -0.25) is 4.79 Å². The fourth-order valence-corrected chi connectivity index (χ4v) is 5.07. The number of ether oxygens (including phenoxy) is 1. The Morgan fingerprint density at radius 2 is 0.757 bits per heavy atom. The summed E-state index contributed by atoms with van der Waals surface area (Å²) in [4.78, 5) is 11.9. The highest BCUT2D eigenvalue weighted by atomic mass is 16.5. The molecule has 0 fully saturated rings. The minimum absolute atomic E-state index is 0.0167. The maximum atomic E-state index is 11.9. The van der Waals surface area contributed by atoms with Gasteiger partial charge in [-0.05, 0) is 38.5 Å². The van der Waals surface area contributed by atoms with Gasteiger partial charge >= 0.3 is 5.97 Å². The highest BCUT2D eigenvalue weighted by Gasteiger charge is 2.02. The second-order valence-electron chi connectivity index (χ2n) is 11.5. The molecule has 0 radical (unpaired) electrons. The third-order valence-corrected chi connectivity index (χ3v) is 7.65. The fraction of sp³-hybridized carbons (Fsp3) is 0.914. The van der Waals surface area contributed by atoms with Gasteiger partial charge in [-0.1, -0.05) is 167 Å². The highest BCUT2D eigenvalue weighted by Crippen LogP contribution is 2.14. The zero-order chi connectivity index (χ0) is 26.9. The average Bonchev–Trinajstić information content (AvgIpc) is 2.90. The van der Waals surface area contributed by atoms with Gasteiger partial charge in [0.15, 0.2) is 0 Å². The van der Waals surface area contributed by atoms with E-state index in [1.54, 1.807) is 0 Å². The van der Waals surface area contributed by atoms with Gasteiger partial charge in [0, 0.05) is 6.42 Å². The molecule has 0 spiro atoms. The minimum Gasteiger partial charge on any atom is -0.466 e. The van der Waals surface area contributed by atoms with Crippen molar-refractivity contribution in [3.8, 4) is 0 Å².